The van der Waals surface area contributed by atoms with E-state index in [9.17, 15) is 0 Å². The van der Waals surface area contributed by atoms with E-state index < -0.39 is 9.17 Å². The van der Waals surface area contributed by atoms with E-state index >= 15 is 0 Å². The van der Waals surface area contributed by atoms with Crippen LogP contribution in [0.4, 0.5) is 0 Å². The lowest BCUT2D eigenvalue weighted by Gasteiger charge is -2.20. The fraction of sp³-hybridized carbons (Fsp3) is 0.273. The summed E-state index contributed by atoms with van der Waals surface area (Å²) < 4.78 is -1.50. The maximum Gasteiger partial charge on any atom is 0.210 e. The van der Waals surface area contributed by atoms with Gasteiger partial charge in [-0.15, -0.1) is 18.2 Å². The molecular formula is C11H10Cl4. The molecule has 0 nitrogen and oxygen atoms in total. The molecule has 1 aromatic carbocycles. The van der Waals surface area contributed by atoms with Crippen LogP contribution in [0.3, 0.4) is 0 Å². The predicted octanol–water partition coefficient (Wildman–Crippen LogP) is 5.07. The zero-order chi connectivity index (χ0) is 11.5. The van der Waals surface area contributed by atoms with Crippen molar-refractivity contribution in [3.8, 4) is 0 Å². The van der Waals surface area contributed by atoms with Gasteiger partial charge in [-0.25, -0.2) is 0 Å². The first-order valence-corrected chi connectivity index (χ1v) is 5.93. The van der Waals surface area contributed by atoms with Crippen LogP contribution in [0.15, 0.2) is 36.9 Å². The first-order valence-electron chi connectivity index (χ1n) is 4.36. The molecule has 0 spiro atoms. The minimum absolute atomic E-state index is 0.654. The van der Waals surface area contributed by atoms with Gasteiger partial charge in [0.15, 0.2) is 0 Å². The van der Waals surface area contributed by atoms with Crippen LogP contribution in [0.1, 0.15) is 16.5 Å². The molecule has 15 heavy (non-hydrogen) atoms. The van der Waals surface area contributed by atoms with Crippen LogP contribution in [-0.4, -0.2) is 3.79 Å². The molecule has 1 unspecified atom stereocenters. The second-order valence-corrected chi connectivity index (χ2v) is 5.90. The van der Waals surface area contributed by atoms with E-state index in [2.05, 4.69) is 6.58 Å². The maximum atomic E-state index is 6.09. The normalized spacial score (nSPS) is 13.6. The molecule has 82 valence electrons. The van der Waals surface area contributed by atoms with Crippen LogP contribution in [0.5, 0.6) is 0 Å². The molecule has 0 aromatic heterocycles. The lowest BCUT2D eigenvalue weighted by molar-refractivity contribution is 0.948. The van der Waals surface area contributed by atoms with Gasteiger partial charge in [0.2, 0.25) is 3.79 Å². The lowest BCUT2D eigenvalue weighted by Crippen LogP contribution is -2.13. The fourth-order valence-electron chi connectivity index (χ4n) is 1.30. The topological polar surface area (TPSA) is 0 Å². The zero-order valence-electron chi connectivity index (χ0n) is 7.89. The molecule has 4 heteroatoms. The third-order valence-electron chi connectivity index (χ3n) is 1.98. The van der Waals surface area contributed by atoms with Crippen molar-refractivity contribution in [2.24, 2.45) is 0 Å². The average molecular weight is 284 g/mol. The van der Waals surface area contributed by atoms with Crippen LogP contribution < -0.4 is 0 Å². The van der Waals surface area contributed by atoms with Crippen molar-refractivity contribution < 1.29 is 0 Å². The summed E-state index contributed by atoms with van der Waals surface area (Å²) in [5, 5.41) is -0.654. The molecule has 0 N–H and O–H groups in total. The second kappa shape index (κ2) is 5.45. The van der Waals surface area contributed by atoms with Gasteiger partial charge in [-0.05, 0) is 17.5 Å². The predicted molar refractivity (Wildman–Crippen MR) is 69.2 cm³/mol. The Balaban J connectivity index is 3.07. The first-order chi connectivity index (χ1) is 6.96. The Morgan fingerprint density at radius 1 is 1.27 bits per heavy atom. The van der Waals surface area contributed by atoms with E-state index in [4.69, 9.17) is 46.4 Å². The average Bonchev–Trinajstić information content (AvgIpc) is 2.17. The lowest BCUT2D eigenvalue weighted by atomic mass is 10.0. The third kappa shape index (κ3) is 3.57. The van der Waals surface area contributed by atoms with Crippen molar-refractivity contribution in [1.82, 2.24) is 0 Å². The Kier molecular flexibility index (Phi) is 4.79. The first kappa shape index (κ1) is 13.2. The molecule has 0 bridgehead atoms. The van der Waals surface area contributed by atoms with Crippen LogP contribution in [0, 0.1) is 0 Å². The summed E-state index contributed by atoms with van der Waals surface area (Å²) in [6.45, 7) is 3.68. The van der Waals surface area contributed by atoms with Gasteiger partial charge in [-0.3, -0.25) is 0 Å². The van der Waals surface area contributed by atoms with Gasteiger partial charge in [-0.2, -0.15) is 0 Å². The Morgan fingerprint density at radius 2 is 1.87 bits per heavy atom. The number of hydrogen-bond donors (Lipinski definition) is 0. The van der Waals surface area contributed by atoms with Crippen molar-refractivity contribution in [2.45, 2.75) is 15.6 Å². The number of rotatable bonds is 3. The quantitative estimate of drug-likeness (QED) is 0.537. The molecule has 0 amide bonds. The van der Waals surface area contributed by atoms with Crippen molar-refractivity contribution >= 4 is 46.4 Å². The highest BCUT2D eigenvalue weighted by atomic mass is 35.6. The largest absolute Gasteiger partial charge is 0.210 e. The summed E-state index contributed by atoms with van der Waals surface area (Å²) in [5.41, 5.74) is 1.86. The molecule has 0 saturated heterocycles. The van der Waals surface area contributed by atoms with Crippen molar-refractivity contribution in [2.75, 3.05) is 0 Å². The van der Waals surface area contributed by atoms with Gasteiger partial charge in [0.25, 0.3) is 0 Å². The minimum Gasteiger partial charge on any atom is -0.113 e. The second-order valence-electron chi connectivity index (χ2n) is 3.10. The van der Waals surface area contributed by atoms with E-state index in [1.165, 1.54) is 0 Å². The van der Waals surface area contributed by atoms with E-state index in [1.54, 1.807) is 6.08 Å². The number of hydrogen-bond acceptors (Lipinski definition) is 0. The highest BCUT2D eigenvalue weighted by molar-refractivity contribution is 6.70. The third-order valence-corrected chi connectivity index (χ3v) is 3.53. The van der Waals surface area contributed by atoms with Gasteiger partial charge in [0.1, 0.15) is 5.38 Å². The molecule has 0 saturated carbocycles. The molecule has 0 radical (unpaired) electrons. The van der Waals surface area contributed by atoms with E-state index in [0.29, 0.717) is 6.42 Å². The highest BCUT2D eigenvalue weighted by Gasteiger charge is 2.33. The van der Waals surface area contributed by atoms with Crippen LogP contribution >= 0.6 is 46.4 Å². The number of halogens is 4. The van der Waals surface area contributed by atoms with Crippen LogP contribution in [0.2, 0.25) is 0 Å². The summed E-state index contributed by atoms with van der Waals surface area (Å²) in [6.07, 6.45) is 2.50. The molecule has 1 aromatic rings. The zero-order valence-corrected chi connectivity index (χ0v) is 10.9. The fourth-order valence-corrected chi connectivity index (χ4v) is 1.86. The SMILES string of the molecule is C=CCc1ccccc1C(Cl)C(Cl)(Cl)Cl. The summed E-state index contributed by atoms with van der Waals surface area (Å²) in [7, 11) is 0. The van der Waals surface area contributed by atoms with Gasteiger partial charge in [-0.1, -0.05) is 65.1 Å². The minimum atomic E-state index is -1.50. The highest BCUT2D eigenvalue weighted by Crippen LogP contribution is 2.45. The molecule has 0 heterocycles. The Bertz CT molecular complexity index is 341. The van der Waals surface area contributed by atoms with Gasteiger partial charge < -0.3 is 0 Å². The molecule has 1 atom stereocenters. The maximum absolute atomic E-state index is 6.09. The van der Waals surface area contributed by atoms with Crippen molar-refractivity contribution in [3.05, 3.63) is 48.0 Å². The number of benzene rings is 1. The van der Waals surface area contributed by atoms with Crippen LogP contribution in [-0.2, 0) is 6.42 Å². The molecule has 0 fully saturated rings. The summed E-state index contributed by atoms with van der Waals surface area (Å²) in [5.74, 6) is 0. The Morgan fingerprint density at radius 3 is 2.40 bits per heavy atom. The van der Waals surface area contributed by atoms with Crippen molar-refractivity contribution in [1.29, 1.82) is 0 Å². The monoisotopic (exact) mass is 282 g/mol. The summed E-state index contributed by atoms with van der Waals surface area (Å²) in [6, 6.07) is 7.60. The van der Waals surface area contributed by atoms with E-state index in [-0.39, 0.29) is 0 Å². The summed E-state index contributed by atoms with van der Waals surface area (Å²) >= 11 is 23.4. The van der Waals surface area contributed by atoms with E-state index in [1.807, 2.05) is 24.3 Å². The molecular weight excluding hydrogens is 274 g/mol. The van der Waals surface area contributed by atoms with Gasteiger partial charge >= 0.3 is 0 Å². The number of allylic oxidation sites excluding steroid dienone is 1. The summed E-state index contributed by atoms with van der Waals surface area (Å²) in [4.78, 5) is 0. The van der Waals surface area contributed by atoms with E-state index in [0.717, 1.165) is 11.1 Å². The molecule has 0 aliphatic carbocycles. The van der Waals surface area contributed by atoms with Crippen molar-refractivity contribution in [3.63, 3.8) is 0 Å². The Hall–Kier alpha value is 0.120. The van der Waals surface area contributed by atoms with Gasteiger partial charge in [0, 0.05) is 0 Å². The smallest absolute Gasteiger partial charge is 0.113 e. The Labute approximate surface area is 110 Å². The van der Waals surface area contributed by atoms with Crippen LogP contribution in [0.25, 0.3) is 0 Å². The standard InChI is InChI=1S/C11H10Cl4/c1-2-5-8-6-3-4-7-9(8)10(12)11(13,14)15/h2-4,6-7,10H,1,5H2. The molecule has 0 aliphatic rings. The van der Waals surface area contributed by atoms with Gasteiger partial charge in [0.05, 0.1) is 0 Å². The molecule has 1 rings (SSSR count). The number of alkyl halides is 4. The molecule has 0 aliphatic heterocycles.